The van der Waals surface area contributed by atoms with E-state index in [0.29, 0.717) is 17.8 Å². The quantitative estimate of drug-likeness (QED) is 0.462. The molecule has 2 N–H and O–H groups in total. The number of halogens is 5. The highest BCUT2D eigenvalue weighted by atomic mass is 32.5. The number of nitrogens with two attached hydrogens (primary N) is 1. The SMILES string of the molecule is Nc1ccc2c(ccn2Cc2cccc(S(F)(F)(F)(F)F)c2)c1. The molecule has 2 nitrogen and oxygen atoms in total. The summed E-state index contributed by atoms with van der Waals surface area (Å²) >= 11 is 0. The summed E-state index contributed by atoms with van der Waals surface area (Å²) in [5, 5.41) is 0.828. The number of aromatic nitrogens is 1. The molecule has 8 heteroatoms. The van der Waals surface area contributed by atoms with Crippen molar-refractivity contribution < 1.29 is 19.4 Å². The normalized spacial score (nSPS) is 15.3. The topological polar surface area (TPSA) is 30.9 Å². The number of rotatable bonds is 3. The minimum absolute atomic E-state index is 0.0507. The van der Waals surface area contributed by atoms with Crippen molar-refractivity contribution in [2.24, 2.45) is 0 Å². The Hall–Kier alpha value is -2.22. The predicted octanol–water partition coefficient (Wildman–Crippen LogP) is 5.93. The van der Waals surface area contributed by atoms with Crippen LogP contribution in [0.4, 0.5) is 25.1 Å². The fraction of sp³-hybridized carbons (Fsp3) is 0.0667. The standard InChI is InChI=1S/C15H13F5N2S/c16-23(17,18,19,20)14-3-1-2-11(8-14)10-22-7-6-12-9-13(21)4-5-15(12)22/h1-9H,10,21H2. The van der Waals surface area contributed by atoms with Crippen LogP contribution in [0.15, 0.2) is 59.6 Å². The van der Waals surface area contributed by atoms with E-state index in [1.807, 2.05) is 0 Å². The largest absolute Gasteiger partial charge is 0.399 e. The average Bonchev–Trinajstić information content (AvgIpc) is 2.79. The Labute approximate surface area is 129 Å². The highest BCUT2D eigenvalue weighted by molar-refractivity contribution is 8.45. The summed E-state index contributed by atoms with van der Waals surface area (Å²) in [6.45, 7) is 0.0507. The molecule has 1 heterocycles. The van der Waals surface area contributed by atoms with Crippen LogP contribution in [-0.4, -0.2) is 4.57 Å². The molecule has 1 aromatic heterocycles. The molecule has 0 spiro atoms. The molecule has 3 rings (SSSR count). The van der Waals surface area contributed by atoms with Crippen molar-refractivity contribution >= 4 is 26.8 Å². The Kier molecular flexibility index (Phi) is 2.86. The van der Waals surface area contributed by atoms with Gasteiger partial charge in [-0.15, -0.1) is 0 Å². The van der Waals surface area contributed by atoms with Crippen LogP contribution in [0.2, 0.25) is 0 Å². The third-order valence-corrected chi connectivity index (χ3v) is 4.64. The van der Waals surface area contributed by atoms with Crippen LogP contribution in [0.1, 0.15) is 5.56 Å². The lowest BCUT2D eigenvalue weighted by Gasteiger charge is -2.40. The Morgan fingerprint density at radius 2 is 1.65 bits per heavy atom. The number of hydrogen-bond donors (Lipinski definition) is 1. The molecule has 0 aliphatic rings. The maximum Gasteiger partial charge on any atom is 0.310 e. The maximum atomic E-state index is 12.9. The highest BCUT2D eigenvalue weighted by Gasteiger charge is 2.65. The first kappa shape index (κ1) is 15.7. The summed E-state index contributed by atoms with van der Waals surface area (Å²) in [5.41, 5.74) is 7.14. The van der Waals surface area contributed by atoms with E-state index in [1.54, 1.807) is 35.0 Å². The molecule has 0 fully saturated rings. The number of anilines is 1. The summed E-state index contributed by atoms with van der Waals surface area (Å²) in [6, 6.07) is 10.2. The van der Waals surface area contributed by atoms with E-state index in [1.165, 1.54) is 6.07 Å². The van der Waals surface area contributed by atoms with Gasteiger partial charge in [-0.05, 0) is 42.0 Å². The second-order valence-electron chi connectivity index (χ2n) is 5.38. The van der Waals surface area contributed by atoms with Gasteiger partial charge < -0.3 is 10.3 Å². The maximum absolute atomic E-state index is 12.9. The van der Waals surface area contributed by atoms with E-state index in [0.717, 1.165) is 17.0 Å². The first-order valence-electron chi connectivity index (χ1n) is 6.60. The Morgan fingerprint density at radius 1 is 0.913 bits per heavy atom. The van der Waals surface area contributed by atoms with Crippen molar-refractivity contribution in [2.45, 2.75) is 11.4 Å². The summed E-state index contributed by atoms with van der Waals surface area (Å²) in [4.78, 5) is -1.87. The van der Waals surface area contributed by atoms with Crippen molar-refractivity contribution in [3.63, 3.8) is 0 Å². The number of hydrogen-bond acceptors (Lipinski definition) is 1. The van der Waals surface area contributed by atoms with Gasteiger partial charge in [0.05, 0.1) is 0 Å². The van der Waals surface area contributed by atoms with E-state index in [2.05, 4.69) is 0 Å². The van der Waals surface area contributed by atoms with Gasteiger partial charge in [-0.1, -0.05) is 31.6 Å². The average molecular weight is 348 g/mol. The number of nitrogens with zero attached hydrogens (tertiary/aromatic N) is 1. The molecule has 23 heavy (non-hydrogen) atoms. The first-order chi connectivity index (χ1) is 10.4. The Morgan fingerprint density at radius 3 is 2.35 bits per heavy atom. The summed E-state index contributed by atoms with van der Waals surface area (Å²) in [7, 11) is -9.66. The van der Waals surface area contributed by atoms with E-state index in [-0.39, 0.29) is 12.1 Å². The van der Waals surface area contributed by atoms with Crippen LogP contribution in [0.3, 0.4) is 0 Å². The van der Waals surface area contributed by atoms with Crippen LogP contribution in [-0.2, 0) is 6.54 Å². The molecule has 0 amide bonds. The van der Waals surface area contributed by atoms with Gasteiger partial charge in [0.1, 0.15) is 4.90 Å². The van der Waals surface area contributed by atoms with Crippen LogP contribution in [0.5, 0.6) is 0 Å². The summed E-state index contributed by atoms with van der Waals surface area (Å²) in [5.74, 6) is 0. The Balaban J connectivity index is 2.01. The van der Waals surface area contributed by atoms with Gasteiger partial charge in [0.2, 0.25) is 0 Å². The number of benzene rings is 2. The van der Waals surface area contributed by atoms with Crippen molar-refractivity contribution in [2.75, 3.05) is 5.73 Å². The lowest BCUT2D eigenvalue weighted by Crippen LogP contribution is -2.07. The molecule has 124 valence electrons. The third-order valence-electron chi connectivity index (χ3n) is 3.49. The minimum Gasteiger partial charge on any atom is -0.399 e. The van der Waals surface area contributed by atoms with Crippen molar-refractivity contribution in [1.82, 2.24) is 4.57 Å². The van der Waals surface area contributed by atoms with Crippen LogP contribution < -0.4 is 5.73 Å². The Bertz CT molecular complexity index is 900. The van der Waals surface area contributed by atoms with Gasteiger partial charge in [-0.25, -0.2) is 0 Å². The molecule has 0 unspecified atom stereocenters. The smallest absolute Gasteiger partial charge is 0.310 e. The lowest BCUT2D eigenvalue weighted by atomic mass is 10.2. The summed E-state index contributed by atoms with van der Waals surface area (Å²) in [6.07, 6.45) is 1.68. The lowest BCUT2D eigenvalue weighted by molar-refractivity contribution is 0.364. The van der Waals surface area contributed by atoms with Gasteiger partial charge in [0.15, 0.2) is 0 Å². The zero-order chi connectivity index (χ0) is 16.9. The van der Waals surface area contributed by atoms with Gasteiger partial charge >= 0.3 is 10.2 Å². The second kappa shape index (κ2) is 4.19. The molecule has 0 saturated carbocycles. The van der Waals surface area contributed by atoms with Crippen molar-refractivity contribution in [1.29, 1.82) is 0 Å². The second-order valence-corrected chi connectivity index (χ2v) is 7.79. The van der Waals surface area contributed by atoms with Gasteiger partial charge in [-0.3, -0.25) is 0 Å². The van der Waals surface area contributed by atoms with Crippen LogP contribution in [0.25, 0.3) is 10.9 Å². The van der Waals surface area contributed by atoms with Crippen LogP contribution >= 0.6 is 10.2 Å². The number of nitrogen functional groups attached to an aromatic ring is 1. The van der Waals surface area contributed by atoms with E-state index in [4.69, 9.17) is 5.73 Å². The molecular formula is C15H13F5N2S. The van der Waals surface area contributed by atoms with Gasteiger partial charge in [0.25, 0.3) is 0 Å². The predicted molar refractivity (Wildman–Crippen MR) is 83.3 cm³/mol. The molecule has 0 aliphatic carbocycles. The molecular weight excluding hydrogens is 335 g/mol. The molecule has 0 atom stereocenters. The van der Waals surface area contributed by atoms with Crippen LogP contribution in [0, 0.1) is 0 Å². The molecule has 2 aromatic carbocycles. The zero-order valence-corrected chi connectivity index (χ0v) is 12.5. The van der Waals surface area contributed by atoms with Gasteiger partial charge in [-0.2, -0.15) is 0 Å². The first-order valence-corrected chi connectivity index (χ1v) is 8.55. The van der Waals surface area contributed by atoms with E-state index >= 15 is 0 Å². The fourth-order valence-electron chi connectivity index (χ4n) is 2.44. The van der Waals surface area contributed by atoms with E-state index in [9.17, 15) is 19.4 Å². The molecule has 0 radical (unpaired) electrons. The molecule has 0 bridgehead atoms. The van der Waals surface area contributed by atoms with Crippen molar-refractivity contribution in [3.05, 3.63) is 60.3 Å². The molecule has 0 saturated heterocycles. The monoisotopic (exact) mass is 348 g/mol. The minimum atomic E-state index is -9.66. The fourth-order valence-corrected chi connectivity index (χ4v) is 3.15. The number of fused-ring (bicyclic) bond motifs is 1. The van der Waals surface area contributed by atoms with Crippen molar-refractivity contribution in [3.8, 4) is 0 Å². The summed E-state index contributed by atoms with van der Waals surface area (Å²) < 4.78 is 66.1. The zero-order valence-electron chi connectivity index (χ0n) is 11.7. The molecule has 0 aliphatic heterocycles. The third kappa shape index (κ3) is 3.26. The van der Waals surface area contributed by atoms with E-state index < -0.39 is 15.1 Å². The van der Waals surface area contributed by atoms with Gasteiger partial charge in [0, 0.05) is 29.3 Å². The highest BCUT2D eigenvalue weighted by Crippen LogP contribution is 3.02. The molecule has 3 aromatic rings.